The number of aliphatic hydroxyl groups is 1. The van der Waals surface area contributed by atoms with E-state index in [0.717, 1.165) is 5.69 Å². The highest BCUT2D eigenvalue weighted by atomic mass is 35.5. The molecule has 0 aliphatic rings. The van der Waals surface area contributed by atoms with Gasteiger partial charge in [0, 0.05) is 36.3 Å². The van der Waals surface area contributed by atoms with Crippen LogP contribution in [-0.4, -0.2) is 37.8 Å². The molecule has 120 valence electrons. The van der Waals surface area contributed by atoms with Crippen LogP contribution in [0.5, 0.6) is 0 Å². The number of rotatable bonds is 6. The molecule has 2 aromatic heterocycles. The van der Waals surface area contributed by atoms with Gasteiger partial charge in [0.15, 0.2) is 5.82 Å². The predicted octanol–water partition coefficient (Wildman–Crippen LogP) is 1.46. The molecule has 2 heterocycles. The lowest BCUT2D eigenvalue weighted by molar-refractivity contribution is 0.289. The molecular formula is C15H16ClN5O2. The van der Waals surface area contributed by atoms with Gasteiger partial charge in [-0.15, -0.1) is 10.2 Å². The van der Waals surface area contributed by atoms with Crippen LogP contribution in [0, 0.1) is 0 Å². The van der Waals surface area contributed by atoms with E-state index < -0.39 is 0 Å². The summed E-state index contributed by atoms with van der Waals surface area (Å²) in [6, 6.07) is 7.45. The van der Waals surface area contributed by atoms with E-state index in [4.69, 9.17) is 16.7 Å². The maximum absolute atomic E-state index is 11.7. The van der Waals surface area contributed by atoms with E-state index >= 15 is 0 Å². The summed E-state index contributed by atoms with van der Waals surface area (Å²) in [4.78, 5) is 16.3. The molecule has 0 bridgehead atoms. The molecule has 0 atom stereocenters. The number of aliphatic hydroxyl groups excluding tert-OH is 1. The molecule has 0 saturated carbocycles. The number of nitrogens with one attached hydrogen (secondary N) is 1. The minimum atomic E-state index is -0.278. The lowest BCUT2D eigenvalue weighted by Gasteiger charge is -2.23. The highest BCUT2D eigenvalue weighted by Gasteiger charge is 2.13. The standard InChI is InChI=1S/C15H16ClN5O2/c16-11-2-4-12(5-3-11)20(7-1-9-22)10-13-18-19-14-15(23)17-6-8-21(13)14/h2-6,8,22H,1,7,9-10H2,(H,17,23). The number of hydrogen-bond acceptors (Lipinski definition) is 5. The minimum absolute atomic E-state index is 0.102. The van der Waals surface area contributed by atoms with E-state index in [1.54, 1.807) is 16.8 Å². The van der Waals surface area contributed by atoms with Crippen molar-refractivity contribution in [3.05, 3.63) is 57.9 Å². The molecule has 0 saturated heterocycles. The van der Waals surface area contributed by atoms with Crippen molar-refractivity contribution in [1.82, 2.24) is 19.6 Å². The SMILES string of the molecule is O=c1[nH]ccn2c(CN(CCCO)c3ccc(Cl)cc3)nnc12. The molecule has 0 amide bonds. The maximum atomic E-state index is 11.7. The van der Waals surface area contributed by atoms with E-state index in [2.05, 4.69) is 20.1 Å². The van der Waals surface area contributed by atoms with Gasteiger partial charge in [-0.05, 0) is 30.7 Å². The highest BCUT2D eigenvalue weighted by molar-refractivity contribution is 6.30. The summed E-state index contributed by atoms with van der Waals surface area (Å²) in [6.45, 7) is 1.22. The second-order valence-corrected chi connectivity index (χ2v) is 5.51. The molecule has 0 unspecified atom stereocenters. The number of H-pyrrole nitrogens is 1. The molecular weight excluding hydrogens is 318 g/mol. The maximum Gasteiger partial charge on any atom is 0.293 e. The Kier molecular flexibility index (Phi) is 4.59. The van der Waals surface area contributed by atoms with Crippen molar-refractivity contribution < 1.29 is 5.11 Å². The lowest BCUT2D eigenvalue weighted by atomic mass is 10.2. The summed E-state index contributed by atoms with van der Waals surface area (Å²) in [6.07, 6.45) is 3.90. The number of aromatic nitrogens is 4. The molecule has 0 spiro atoms. The summed E-state index contributed by atoms with van der Waals surface area (Å²) < 4.78 is 1.67. The topological polar surface area (TPSA) is 86.5 Å². The molecule has 23 heavy (non-hydrogen) atoms. The van der Waals surface area contributed by atoms with Gasteiger partial charge in [0.25, 0.3) is 5.56 Å². The number of anilines is 1. The average Bonchev–Trinajstić information content (AvgIpc) is 2.97. The molecule has 8 heteroatoms. The van der Waals surface area contributed by atoms with E-state index in [9.17, 15) is 4.79 Å². The number of halogens is 1. The first-order valence-corrected chi connectivity index (χ1v) is 7.59. The van der Waals surface area contributed by atoms with Crippen molar-refractivity contribution in [2.45, 2.75) is 13.0 Å². The molecule has 0 aliphatic carbocycles. The Morgan fingerprint density at radius 1 is 1.26 bits per heavy atom. The van der Waals surface area contributed by atoms with Crippen LogP contribution in [-0.2, 0) is 6.54 Å². The zero-order valence-corrected chi connectivity index (χ0v) is 13.1. The van der Waals surface area contributed by atoms with Gasteiger partial charge in [-0.3, -0.25) is 9.20 Å². The van der Waals surface area contributed by atoms with Crippen LogP contribution in [0.1, 0.15) is 12.2 Å². The van der Waals surface area contributed by atoms with Crippen molar-refractivity contribution in [2.75, 3.05) is 18.1 Å². The largest absolute Gasteiger partial charge is 0.396 e. The van der Waals surface area contributed by atoms with Crippen LogP contribution in [0.2, 0.25) is 5.02 Å². The molecule has 3 aromatic rings. The third kappa shape index (κ3) is 3.35. The first-order valence-electron chi connectivity index (χ1n) is 7.21. The van der Waals surface area contributed by atoms with Gasteiger partial charge in [-0.2, -0.15) is 0 Å². The van der Waals surface area contributed by atoms with Crippen molar-refractivity contribution in [3.8, 4) is 0 Å². The third-order valence-corrected chi connectivity index (χ3v) is 3.77. The molecule has 3 rings (SSSR count). The fourth-order valence-corrected chi connectivity index (χ4v) is 2.50. The molecule has 0 fully saturated rings. The van der Waals surface area contributed by atoms with Crippen molar-refractivity contribution in [2.24, 2.45) is 0 Å². The number of hydrogen-bond donors (Lipinski definition) is 2. The Balaban J connectivity index is 1.92. The average molecular weight is 334 g/mol. The van der Waals surface area contributed by atoms with Gasteiger partial charge in [-0.1, -0.05) is 11.6 Å². The smallest absolute Gasteiger partial charge is 0.293 e. The number of nitrogens with zero attached hydrogens (tertiary/aromatic N) is 4. The van der Waals surface area contributed by atoms with Crippen LogP contribution in [0.15, 0.2) is 41.5 Å². The zero-order valence-electron chi connectivity index (χ0n) is 12.3. The van der Waals surface area contributed by atoms with Crippen LogP contribution in [0.3, 0.4) is 0 Å². The fraction of sp³-hybridized carbons (Fsp3) is 0.267. The monoisotopic (exact) mass is 333 g/mol. The fourth-order valence-electron chi connectivity index (χ4n) is 2.38. The van der Waals surface area contributed by atoms with Gasteiger partial charge in [0.1, 0.15) is 0 Å². The van der Waals surface area contributed by atoms with Gasteiger partial charge >= 0.3 is 0 Å². The van der Waals surface area contributed by atoms with Gasteiger partial charge in [0.2, 0.25) is 5.65 Å². The Labute approximate surface area is 137 Å². The highest BCUT2D eigenvalue weighted by Crippen LogP contribution is 2.20. The molecule has 1 aromatic carbocycles. The second-order valence-electron chi connectivity index (χ2n) is 5.07. The van der Waals surface area contributed by atoms with Crippen LogP contribution in [0.4, 0.5) is 5.69 Å². The van der Waals surface area contributed by atoms with E-state index in [0.29, 0.717) is 30.4 Å². The first-order chi connectivity index (χ1) is 11.2. The Morgan fingerprint density at radius 3 is 2.78 bits per heavy atom. The normalized spacial score (nSPS) is 11.0. The first kappa shape index (κ1) is 15.5. The van der Waals surface area contributed by atoms with Crippen LogP contribution in [0.25, 0.3) is 5.65 Å². The molecule has 0 aliphatic heterocycles. The third-order valence-electron chi connectivity index (χ3n) is 3.52. The zero-order chi connectivity index (χ0) is 16.2. The lowest BCUT2D eigenvalue weighted by Crippen LogP contribution is -2.26. The quantitative estimate of drug-likeness (QED) is 0.713. The number of benzene rings is 1. The van der Waals surface area contributed by atoms with Gasteiger partial charge in [0.05, 0.1) is 6.54 Å². The summed E-state index contributed by atoms with van der Waals surface area (Å²) in [7, 11) is 0. The van der Waals surface area contributed by atoms with Gasteiger partial charge in [-0.25, -0.2) is 0 Å². The predicted molar refractivity (Wildman–Crippen MR) is 87.8 cm³/mol. The van der Waals surface area contributed by atoms with E-state index in [-0.39, 0.29) is 17.8 Å². The Hall–Kier alpha value is -2.38. The summed E-state index contributed by atoms with van der Waals surface area (Å²) >= 11 is 5.94. The van der Waals surface area contributed by atoms with Crippen LogP contribution < -0.4 is 10.5 Å². The Morgan fingerprint density at radius 2 is 2.04 bits per heavy atom. The van der Waals surface area contributed by atoms with E-state index in [1.807, 2.05) is 24.3 Å². The number of aromatic amines is 1. The number of fused-ring (bicyclic) bond motifs is 1. The minimum Gasteiger partial charge on any atom is -0.396 e. The summed E-state index contributed by atoms with van der Waals surface area (Å²) in [5, 5.41) is 17.8. The molecule has 7 nitrogen and oxygen atoms in total. The summed E-state index contributed by atoms with van der Waals surface area (Å²) in [5.41, 5.74) is 0.949. The molecule has 2 N–H and O–H groups in total. The van der Waals surface area contributed by atoms with Crippen molar-refractivity contribution >= 4 is 22.9 Å². The summed E-state index contributed by atoms with van der Waals surface area (Å²) in [5.74, 6) is 0.652. The molecule has 0 radical (unpaired) electrons. The van der Waals surface area contributed by atoms with Crippen molar-refractivity contribution in [3.63, 3.8) is 0 Å². The van der Waals surface area contributed by atoms with Crippen molar-refractivity contribution in [1.29, 1.82) is 0 Å². The van der Waals surface area contributed by atoms with Crippen LogP contribution >= 0.6 is 11.6 Å². The second kappa shape index (κ2) is 6.80. The van der Waals surface area contributed by atoms with E-state index in [1.165, 1.54) is 0 Å². The van der Waals surface area contributed by atoms with Gasteiger partial charge < -0.3 is 15.0 Å². The Bertz CT molecular complexity index is 843.